The summed E-state index contributed by atoms with van der Waals surface area (Å²) in [6.45, 7) is 0.555. The average Bonchev–Trinajstić information content (AvgIpc) is 2.99. The highest BCUT2D eigenvalue weighted by atomic mass is 35.5. The lowest BCUT2D eigenvalue weighted by Gasteiger charge is -2.30. The number of nitrogens with zero attached hydrogens (tertiary/aromatic N) is 2. The van der Waals surface area contributed by atoms with Crippen molar-refractivity contribution in [2.45, 2.75) is 25.3 Å². The van der Waals surface area contributed by atoms with Crippen LogP contribution in [0.2, 0.25) is 5.15 Å². The maximum atomic E-state index is 12.8. The molecule has 5 nitrogen and oxygen atoms in total. The predicted molar refractivity (Wildman–Crippen MR) is 94.2 cm³/mol. The highest BCUT2D eigenvalue weighted by Crippen LogP contribution is 2.36. The molecule has 1 heterocycles. The van der Waals surface area contributed by atoms with Gasteiger partial charge in [0.15, 0.2) is 0 Å². The molecule has 126 valence electrons. The Balaban J connectivity index is 1.80. The molecule has 3 rings (SSSR count). The largest absolute Gasteiger partial charge is 0.396 e. The van der Waals surface area contributed by atoms with Crippen molar-refractivity contribution in [3.8, 4) is 0 Å². The third kappa shape index (κ3) is 3.68. The fraction of sp³-hybridized carbons (Fsp3) is 0.333. The van der Waals surface area contributed by atoms with Gasteiger partial charge in [-0.25, -0.2) is 9.78 Å². The number of hydrogen-bond acceptors (Lipinski definition) is 3. The van der Waals surface area contributed by atoms with E-state index in [0.29, 0.717) is 23.8 Å². The van der Waals surface area contributed by atoms with Crippen LogP contribution in [0.25, 0.3) is 0 Å². The van der Waals surface area contributed by atoms with Gasteiger partial charge in [-0.3, -0.25) is 0 Å². The molecule has 0 aliphatic heterocycles. The predicted octanol–water partition coefficient (Wildman–Crippen LogP) is 3.64. The minimum Gasteiger partial charge on any atom is -0.396 e. The van der Waals surface area contributed by atoms with Crippen molar-refractivity contribution >= 4 is 23.3 Å². The zero-order valence-electron chi connectivity index (χ0n) is 13.3. The van der Waals surface area contributed by atoms with Crippen LogP contribution < -0.4 is 5.32 Å². The lowest BCUT2D eigenvalue weighted by molar-refractivity contribution is 0.177. The number of benzene rings is 1. The van der Waals surface area contributed by atoms with E-state index >= 15 is 0 Å². The third-order valence-electron chi connectivity index (χ3n) is 4.27. The maximum Gasteiger partial charge on any atom is 0.322 e. The molecule has 0 saturated heterocycles. The van der Waals surface area contributed by atoms with Crippen molar-refractivity contribution in [2.75, 3.05) is 18.5 Å². The maximum absolute atomic E-state index is 12.8. The number of carbonyl (C=O) groups excluding carboxylic acids is 1. The Morgan fingerprint density at radius 3 is 3.00 bits per heavy atom. The lowest BCUT2D eigenvalue weighted by atomic mass is 10.1. The van der Waals surface area contributed by atoms with E-state index in [0.717, 1.165) is 12.8 Å². The van der Waals surface area contributed by atoms with Crippen LogP contribution in [-0.2, 0) is 6.42 Å². The number of rotatable bonds is 5. The van der Waals surface area contributed by atoms with Crippen molar-refractivity contribution in [1.82, 2.24) is 9.88 Å². The fourth-order valence-corrected chi connectivity index (χ4v) is 3.35. The van der Waals surface area contributed by atoms with Crippen LogP contribution in [0.1, 0.15) is 30.0 Å². The number of carbonyl (C=O) groups is 1. The van der Waals surface area contributed by atoms with E-state index in [2.05, 4.69) is 22.4 Å². The quantitative estimate of drug-likeness (QED) is 0.813. The van der Waals surface area contributed by atoms with Gasteiger partial charge in [0, 0.05) is 25.0 Å². The van der Waals surface area contributed by atoms with Gasteiger partial charge in [-0.1, -0.05) is 35.9 Å². The third-order valence-corrected chi connectivity index (χ3v) is 4.48. The standard InChI is InChI=1S/C18H20ClN3O2/c19-17-12-14(8-9-20-17)21-18(24)22(10-3-11-23)16-7-6-13-4-1-2-5-15(13)16/h1-2,4-5,8-9,12,16,23H,3,6-7,10-11H2,(H,20,21,24). The molecule has 2 amide bonds. The number of nitrogens with one attached hydrogen (secondary N) is 1. The molecule has 6 heteroatoms. The minimum absolute atomic E-state index is 0.0325. The average molecular weight is 346 g/mol. The summed E-state index contributed by atoms with van der Waals surface area (Å²) in [5.74, 6) is 0. The number of pyridine rings is 1. The Hall–Kier alpha value is -2.11. The molecular formula is C18H20ClN3O2. The molecule has 0 fully saturated rings. The van der Waals surface area contributed by atoms with E-state index < -0.39 is 0 Å². The van der Waals surface area contributed by atoms with Crippen LogP contribution in [0.4, 0.5) is 10.5 Å². The molecule has 0 spiro atoms. The van der Waals surface area contributed by atoms with Crippen LogP contribution >= 0.6 is 11.6 Å². The summed E-state index contributed by atoms with van der Waals surface area (Å²) in [4.78, 5) is 18.5. The molecule has 0 bridgehead atoms. The molecule has 1 unspecified atom stereocenters. The number of urea groups is 1. The second-order valence-electron chi connectivity index (χ2n) is 5.82. The van der Waals surface area contributed by atoms with Crippen molar-refractivity contribution in [2.24, 2.45) is 0 Å². The molecule has 1 atom stereocenters. The molecule has 0 radical (unpaired) electrons. The van der Waals surface area contributed by atoms with Gasteiger partial charge in [0.25, 0.3) is 0 Å². The van der Waals surface area contributed by atoms with E-state index in [1.807, 2.05) is 12.1 Å². The van der Waals surface area contributed by atoms with E-state index in [9.17, 15) is 9.90 Å². The van der Waals surface area contributed by atoms with Gasteiger partial charge in [-0.15, -0.1) is 0 Å². The Morgan fingerprint density at radius 1 is 1.38 bits per heavy atom. The summed E-state index contributed by atoms with van der Waals surface area (Å²) in [7, 11) is 0. The van der Waals surface area contributed by atoms with E-state index in [1.54, 1.807) is 23.2 Å². The molecule has 2 aromatic rings. The van der Waals surface area contributed by atoms with Crippen molar-refractivity contribution in [3.63, 3.8) is 0 Å². The topological polar surface area (TPSA) is 65.5 Å². The van der Waals surface area contributed by atoms with Crippen LogP contribution in [0.5, 0.6) is 0 Å². The number of hydrogen-bond donors (Lipinski definition) is 2. The second-order valence-corrected chi connectivity index (χ2v) is 6.21. The second kappa shape index (κ2) is 7.64. The Kier molecular flexibility index (Phi) is 5.33. The fourth-order valence-electron chi connectivity index (χ4n) is 3.17. The van der Waals surface area contributed by atoms with Gasteiger partial charge in [0.05, 0.1) is 6.04 Å². The van der Waals surface area contributed by atoms with E-state index in [1.165, 1.54) is 11.1 Å². The first-order chi connectivity index (χ1) is 11.7. The molecular weight excluding hydrogens is 326 g/mol. The Morgan fingerprint density at radius 2 is 2.21 bits per heavy atom. The summed E-state index contributed by atoms with van der Waals surface area (Å²) in [6, 6.07) is 11.4. The summed E-state index contributed by atoms with van der Waals surface area (Å²) >= 11 is 5.88. The van der Waals surface area contributed by atoms with Gasteiger partial charge in [0.2, 0.25) is 0 Å². The molecule has 24 heavy (non-hydrogen) atoms. The van der Waals surface area contributed by atoms with E-state index in [-0.39, 0.29) is 18.7 Å². The number of anilines is 1. The normalized spacial score (nSPS) is 15.8. The van der Waals surface area contributed by atoms with Crippen LogP contribution in [0.3, 0.4) is 0 Å². The number of halogens is 1. The highest BCUT2D eigenvalue weighted by Gasteiger charge is 2.30. The SMILES string of the molecule is O=C(Nc1ccnc(Cl)c1)N(CCCO)C1CCc2ccccc21. The summed E-state index contributed by atoms with van der Waals surface area (Å²) < 4.78 is 0. The highest BCUT2D eigenvalue weighted by molar-refractivity contribution is 6.29. The number of aliphatic hydroxyl groups excluding tert-OH is 1. The summed E-state index contributed by atoms with van der Waals surface area (Å²) in [5.41, 5.74) is 3.09. The Bertz CT molecular complexity index is 723. The molecule has 1 aliphatic rings. The number of aromatic nitrogens is 1. The zero-order valence-corrected chi connectivity index (χ0v) is 14.0. The lowest BCUT2D eigenvalue weighted by Crippen LogP contribution is -2.38. The molecule has 1 aromatic carbocycles. The minimum atomic E-state index is -0.188. The summed E-state index contributed by atoms with van der Waals surface area (Å²) in [5, 5.41) is 12.4. The van der Waals surface area contributed by atoms with Gasteiger partial charge in [-0.05, 0) is 42.5 Å². The van der Waals surface area contributed by atoms with Crippen molar-refractivity contribution in [3.05, 3.63) is 58.9 Å². The number of aliphatic hydroxyl groups is 1. The first-order valence-corrected chi connectivity index (χ1v) is 8.44. The summed E-state index contributed by atoms with van der Waals surface area (Å²) in [6.07, 6.45) is 3.96. The van der Waals surface area contributed by atoms with Gasteiger partial charge >= 0.3 is 6.03 Å². The van der Waals surface area contributed by atoms with Crippen molar-refractivity contribution < 1.29 is 9.90 Å². The van der Waals surface area contributed by atoms with Crippen LogP contribution in [0.15, 0.2) is 42.6 Å². The van der Waals surface area contributed by atoms with Gasteiger partial charge < -0.3 is 15.3 Å². The van der Waals surface area contributed by atoms with E-state index in [4.69, 9.17) is 11.6 Å². The van der Waals surface area contributed by atoms with Crippen LogP contribution in [-0.4, -0.2) is 34.2 Å². The number of aryl methyl sites for hydroxylation is 1. The zero-order chi connectivity index (χ0) is 16.9. The smallest absolute Gasteiger partial charge is 0.322 e. The van der Waals surface area contributed by atoms with Gasteiger partial charge in [-0.2, -0.15) is 0 Å². The Labute approximate surface area is 146 Å². The van der Waals surface area contributed by atoms with Gasteiger partial charge in [0.1, 0.15) is 5.15 Å². The number of fused-ring (bicyclic) bond motifs is 1. The van der Waals surface area contributed by atoms with Crippen LogP contribution in [0, 0.1) is 0 Å². The molecule has 2 N–H and O–H groups in total. The monoisotopic (exact) mass is 345 g/mol. The molecule has 1 aliphatic carbocycles. The molecule has 1 aromatic heterocycles. The first-order valence-electron chi connectivity index (χ1n) is 8.07. The van der Waals surface area contributed by atoms with Crippen molar-refractivity contribution in [1.29, 1.82) is 0 Å². The molecule has 0 saturated carbocycles. The first kappa shape index (κ1) is 16.7. The number of amides is 2.